The Hall–Kier alpha value is -2.62. The molecule has 2 aromatic carbocycles. The maximum atomic E-state index is 12.5. The van der Waals surface area contributed by atoms with Crippen molar-refractivity contribution < 1.29 is 9.59 Å². The monoisotopic (exact) mass is 338 g/mol. The number of nitrogens with one attached hydrogen (secondary N) is 2. The van der Waals surface area contributed by atoms with Crippen LogP contribution in [0.15, 0.2) is 42.5 Å². The number of benzene rings is 2. The van der Waals surface area contributed by atoms with Gasteiger partial charge in [0.05, 0.1) is 0 Å². The van der Waals surface area contributed by atoms with Gasteiger partial charge in [0, 0.05) is 30.1 Å². The van der Waals surface area contributed by atoms with Gasteiger partial charge >= 0.3 is 0 Å². The molecule has 0 aliphatic rings. The first-order valence-corrected chi connectivity index (χ1v) is 8.42. The van der Waals surface area contributed by atoms with Crippen molar-refractivity contribution in [3.05, 3.63) is 64.7 Å². The van der Waals surface area contributed by atoms with Crippen LogP contribution in [0.3, 0.4) is 0 Å². The highest BCUT2D eigenvalue weighted by Gasteiger charge is 2.22. The van der Waals surface area contributed by atoms with Crippen LogP contribution in [0.1, 0.15) is 47.8 Å². The quantitative estimate of drug-likeness (QED) is 0.866. The SMILES string of the molecule is CC(=O)Nc1cc(C(=O)NCC(C)(C)c2cccc(C)c2)ccc1C. The molecular weight excluding hydrogens is 312 g/mol. The molecule has 0 spiro atoms. The van der Waals surface area contributed by atoms with Crippen LogP contribution in [0.4, 0.5) is 5.69 Å². The van der Waals surface area contributed by atoms with E-state index in [0.29, 0.717) is 17.8 Å². The molecule has 0 atom stereocenters. The summed E-state index contributed by atoms with van der Waals surface area (Å²) in [4.78, 5) is 23.8. The summed E-state index contributed by atoms with van der Waals surface area (Å²) in [6.07, 6.45) is 0. The summed E-state index contributed by atoms with van der Waals surface area (Å²) < 4.78 is 0. The summed E-state index contributed by atoms with van der Waals surface area (Å²) in [5.41, 5.74) is 4.35. The second kappa shape index (κ2) is 7.51. The molecule has 0 saturated heterocycles. The Balaban J connectivity index is 2.10. The summed E-state index contributed by atoms with van der Waals surface area (Å²) in [5, 5.41) is 5.76. The third-order valence-corrected chi connectivity index (χ3v) is 4.30. The summed E-state index contributed by atoms with van der Waals surface area (Å²) in [7, 11) is 0. The molecule has 0 aliphatic carbocycles. The number of carbonyl (C=O) groups is 2. The fourth-order valence-corrected chi connectivity index (χ4v) is 2.66. The Kier molecular flexibility index (Phi) is 5.62. The highest BCUT2D eigenvalue weighted by molar-refractivity contribution is 5.97. The van der Waals surface area contributed by atoms with Crippen molar-refractivity contribution in [1.82, 2.24) is 5.32 Å². The zero-order valence-electron chi connectivity index (χ0n) is 15.6. The lowest BCUT2D eigenvalue weighted by Crippen LogP contribution is -2.36. The number of hydrogen-bond acceptors (Lipinski definition) is 2. The van der Waals surface area contributed by atoms with E-state index in [1.165, 1.54) is 18.1 Å². The summed E-state index contributed by atoms with van der Waals surface area (Å²) in [6.45, 7) is 10.2. The van der Waals surface area contributed by atoms with Crippen molar-refractivity contribution >= 4 is 17.5 Å². The molecule has 0 bridgehead atoms. The van der Waals surface area contributed by atoms with Gasteiger partial charge in [-0.3, -0.25) is 9.59 Å². The van der Waals surface area contributed by atoms with Crippen LogP contribution in [0, 0.1) is 13.8 Å². The van der Waals surface area contributed by atoms with E-state index in [0.717, 1.165) is 5.56 Å². The fraction of sp³-hybridized carbons (Fsp3) is 0.333. The van der Waals surface area contributed by atoms with Crippen molar-refractivity contribution in [3.8, 4) is 0 Å². The smallest absolute Gasteiger partial charge is 0.251 e. The van der Waals surface area contributed by atoms with E-state index in [2.05, 4.69) is 49.6 Å². The number of aryl methyl sites for hydroxylation is 2. The highest BCUT2D eigenvalue weighted by Crippen LogP contribution is 2.23. The van der Waals surface area contributed by atoms with E-state index in [4.69, 9.17) is 0 Å². The van der Waals surface area contributed by atoms with Crippen molar-refractivity contribution in [1.29, 1.82) is 0 Å². The number of amides is 2. The van der Waals surface area contributed by atoms with E-state index < -0.39 is 0 Å². The fourth-order valence-electron chi connectivity index (χ4n) is 2.66. The van der Waals surface area contributed by atoms with Gasteiger partial charge in [0.25, 0.3) is 5.91 Å². The first-order chi connectivity index (χ1) is 11.7. The summed E-state index contributed by atoms with van der Waals surface area (Å²) >= 11 is 0. The second-order valence-electron chi connectivity index (χ2n) is 7.15. The molecular formula is C21H26N2O2. The van der Waals surface area contributed by atoms with E-state index in [-0.39, 0.29) is 17.2 Å². The average Bonchev–Trinajstić information content (AvgIpc) is 2.54. The van der Waals surface area contributed by atoms with E-state index in [1.54, 1.807) is 12.1 Å². The van der Waals surface area contributed by atoms with Crippen LogP contribution < -0.4 is 10.6 Å². The van der Waals surface area contributed by atoms with Crippen LogP contribution in [-0.2, 0) is 10.2 Å². The topological polar surface area (TPSA) is 58.2 Å². The third kappa shape index (κ3) is 4.92. The molecule has 2 amide bonds. The molecule has 0 unspecified atom stereocenters. The molecule has 0 heterocycles. The molecule has 0 aliphatic heterocycles. The van der Waals surface area contributed by atoms with Crippen LogP contribution >= 0.6 is 0 Å². The minimum atomic E-state index is -0.174. The average molecular weight is 338 g/mol. The molecule has 0 radical (unpaired) electrons. The lowest BCUT2D eigenvalue weighted by Gasteiger charge is -2.26. The van der Waals surface area contributed by atoms with Crippen molar-refractivity contribution in [2.24, 2.45) is 0 Å². The normalized spacial score (nSPS) is 11.1. The Morgan fingerprint density at radius 2 is 1.76 bits per heavy atom. The number of carbonyl (C=O) groups excluding carboxylic acids is 2. The van der Waals surface area contributed by atoms with Gasteiger partial charge in [-0.05, 0) is 37.1 Å². The Labute approximate surface area is 149 Å². The van der Waals surface area contributed by atoms with Gasteiger partial charge < -0.3 is 10.6 Å². The number of hydrogen-bond donors (Lipinski definition) is 2. The number of anilines is 1. The predicted molar refractivity (Wildman–Crippen MR) is 102 cm³/mol. The minimum absolute atomic E-state index is 0.146. The summed E-state index contributed by atoms with van der Waals surface area (Å²) in [6, 6.07) is 13.7. The Morgan fingerprint density at radius 1 is 1.04 bits per heavy atom. The van der Waals surface area contributed by atoms with Crippen LogP contribution in [-0.4, -0.2) is 18.4 Å². The Bertz CT molecular complexity index is 794. The van der Waals surface area contributed by atoms with Gasteiger partial charge in [-0.1, -0.05) is 49.7 Å². The first-order valence-electron chi connectivity index (χ1n) is 8.42. The second-order valence-corrected chi connectivity index (χ2v) is 7.15. The zero-order chi connectivity index (χ0) is 18.6. The molecule has 2 rings (SSSR count). The summed E-state index contributed by atoms with van der Waals surface area (Å²) in [5.74, 6) is -0.298. The molecule has 25 heavy (non-hydrogen) atoms. The molecule has 2 N–H and O–H groups in total. The molecule has 4 nitrogen and oxygen atoms in total. The van der Waals surface area contributed by atoms with Gasteiger partial charge in [0.2, 0.25) is 5.91 Å². The van der Waals surface area contributed by atoms with E-state index in [1.807, 2.05) is 19.1 Å². The van der Waals surface area contributed by atoms with Gasteiger partial charge in [-0.2, -0.15) is 0 Å². The van der Waals surface area contributed by atoms with Gasteiger partial charge in [0.1, 0.15) is 0 Å². The minimum Gasteiger partial charge on any atom is -0.351 e. The molecule has 2 aromatic rings. The van der Waals surface area contributed by atoms with E-state index >= 15 is 0 Å². The third-order valence-electron chi connectivity index (χ3n) is 4.30. The molecule has 132 valence electrons. The van der Waals surface area contributed by atoms with E-state index in [9.17, 15) is 9.59 Å². The van der Waals surface area contributed by atoms with Gasteiger partial charge in [-0.15, -0.1) is 0 Å². The molecule has 0 fully saturated rings. The predicted octanol–water partition coefficient (Wildman–Crippen LogP) is 3.97. The maximum Gasteiger partial charge on any atom is 0.251 e. The lowest BCUT2D eigenvalue weighted by atomic mass is 9.84. The van der Waals surface area contributed by atoms with Crippen LogP contribution in [0.25, 0.3) is 0 Å². The maximum absolute atomic E-state index is 12.5. The van der Waals surface area contributed by atoms with Crippen molar-refractivity contribution in [3.63, 3.8) is 0 Å². The van der Waals surface area contributed by atoms with Gasteiger partial charge in [0.15, 0.2) is 0 Å². The molecule has 0 aromatic heterocycles. The molecule has 4 heteroatoms. The first kappa shape index (κ1) is 18.7. The van der Waals surface area contributed by atoms with Crippen LogP contribution in [0.2, 0.25) is 0 Å². The zero-order valence-corrected chi connectivity index (χ0v) is 15.6. The van der Waals surface area contributed by atoms with Gasteiger partial charge in [-0.25, -0.2) is 0 Å². The van der Waals surface area contributed by atoms with Crippen molar-refractivity contribution in [2.45, 2.75) is 40.0 Å². The molecule has 0 saturated carbocycles. The van der Waals surface area contributed by atoms with Crippen LogP contribution in [0.5, 0.6) is 0 Å². The largest absolute Gasteiger partial charge is 0.351 e. The Morgan fingerprint density at radius 3 is 2.40 bits per heavy atom. The van der Waals surface area contributed by atoms with Crippen molar-refractivity contribution in [2.75, 3.05) is 11.9 Å². The lowest BCUT2D eigenvalue weighted by molar-refractivity contribution is -0.114. The highest BCUT2D eigenvalue weighted by atomic mass is 16.2. The number of rotatable bonds is 5. The standard InChI is InChI=1S/C21H26N2O2/c1-14-7-6-8-18(11-14)21(4,5)13-22-20(25)17-10-9-15(2)19(12-17)23-16(3)24/h6-12H,13H2,1-5H3,(H,22,25)(H,23,24).